The maximum absolute atomic E-state index is 6.13. The quantitative estimate of drug-likeness (QED) is 0.824. The van der Waals surface area contributed by atoms with Crippen molar-refractivity contribution in [3.63, 3.8) is 0 Å². The first-order valence-electron chi connectivity index (χ1n) is 5.59. The molecular weight excluding hydrogens is 226 g/mol. The zero-order valence-corrected chi connectivity index (χ0v) is 9.93. The molecule has 4 heteroatoms. The predicted octanol–water partition coefficient (Wildman–Crippen LogP) is 2.39. The molecular formula is C12H16ClNO2. The molecule has 1 heterocycles. The van der Waals surface area contributed by atoms with E-state index in [0.29, 0.717) is 24.0 Å². The molecule has 1 aromatic carbocycles. The van der Waals surface area contributed by atoms with E-state index < -0.39 is 0 Å². The summed E-state index contributed by atoms with van der Waals surface area (Å²) in [5.74, 6) is 1.44. The van der Waals surface area contributed by atoms with Crippen LogP contribution in [0.4, 0.5) is 0 Å². The lowest BCUT2D eigenvalue weighted by Crippen LogP contribution is -2.15. The molecule has 3 nitrogen and oxygen atoms in total. The van der Waals surface area contributed by atoms with Crippen LogP contribution >= 0.6 is 11.6 Å². The lowest BCUT2D eigenvalue weighted by atomic mass is 10.1. The first kappa shape index (κ1) is 11.6. The van der Waals surface area contributed by atoms with Crippen LogP contribution in [0.15, 0.2) is 12.1 Å². The van der Waals surface area contributed by atoms with E-state index in [1.807, 2.05) is 12.1 Å². The molecule has 0 fully saturated rings. The predicted molar refractivity (Wildman–Crippen MR) is 64.4 cm³/mol. The maximum Gasteiger partial charge on any atom is 0.179 e. The van der Waals surface area contributed by atoms with Crippen molar-refractivity contribution in [2.75, 3.05) is 19.8 Å². The van der Waals surface area contributed by atoms with Gasteiger partial charge < -0.3 is 15.2 Å². The highest BCUT2D eigenvalue weighted by molar-refractivity contribution is 6.32. The third kappa shape index (κ3) is 2.60. The molecule has 16 heavy (non-hydrogen) atoms. The Kier molecular flexibility index (Phi) is 3.91. The molecule has 2 rings (SSSR count). The first-order valence-corrected chi connectivity index (χ1v) is 5.97. The standard InChI is InChI=1S/C12H16ClNO2/c13-10-7-9(3-1-2-4-14)8-11-12(10)16-6-5-15-11/h7-8H,1-6,14H2. The van der Waals surface area contributed by atoms with E-state index in [9.17, 15) is 0 Å². The molecule has 2 N–H and O–H groups in total. The van der Waals surface area contributed by atoms with Gasteiger partial charge in [-0.1, -0.05) is 11.6 Å². The van der Waals surface area contributed by atoms with Crippen LogP contribution in [0.3, 0.4) is 0 Å². The monoisotopic (exact) mass is 241 g/mol. The SMILES string of the molecule is NCCCCc1cc(Cl)c2c(c1)OCCO2. The Morgan fingerprint density at radius 3 is 2.81 bits per heavy atom. The summed E-state index contributed by atoms with van der Waals surface area (Å²) in [6, 6.07) is 3.96. The fourth-order valence-electron chi connectivity index (χ4n) is 1.78. The van der Waals surface area contributed by atoms with Crippen molar-refractivity contribution in [2.45, 2.75) is 19.3 Å². The highest BCUT2D eigenvalue weighted by Gasteiger charge is 2.16. The molecule has 1 aliphatic rings. The molecule has 0 aliphatic carbocycles. The molecule has 1 aromatic rings. The van der Waals surface area contributed by atoms with Crippen LogP contribution in [0.1, 0.15) is 18.4 Å². The lowest BCUT2D eigenvalue weighted by Gasteiger charge is -2.20. The van der Waals surface area contributed by atoms with Gasteiger partial charge in [0, 0.05) is 0 Å². The number of aryl methyl sites for hydroxylation is 1. The Morgan fingerprint density at radius 2 is 2.00 bits per heavy atom. The minimum Gasteiger partial charge on any atom is -0.486 e. The fraction of sp³-hybridized carbons (Fsp3) is 0.500. The van der Waals surface area contributed by atoms with Gasteiger partial charge in [-0.05, 0) is 43.5 Å². The van der Waals surface area contributed by atoms with Gasteiger partial charge in [0.25, 0.3) is 0 Å². The van der Waals surface area contributed by atoms with Gasteiger partial charge in [0.1, 0.15) is 13.2 Å². The van der Waals surface area contributed by atoms with Crippen molar-refractivity contribution in [2.24, 2.45) is 5.73 Å². The number of rotatable bonds is 4. The summed E-state index contributed by atoms with van der Waals surface area (Å²) >= 11 is 6.13. The van der Waals surface area contributed by atoms with E-state index in [0.717, 1.165) is 31.6 Å². The molecule has 0 unspecified atom stereocenters. The molecule has 0 aromatic heterocycles. The number of nitrogens with two attached hydrogens (primary N) is 1. The Hall–Kier alpha value is -0.930. The fourth-order valence-corrected chi connectivity index (χ4v) is 2.07. The third-order valence-electron chi connectivity index (χ3n) is 2.58. The number of hydrogen-bond donors (Lipinski definition) is 1. The summed E-state index contributed by atoms with van der Waals surface area (Å²) in [7, 11) is 0. The summed E-state index contributed by atoms with van der Waals surface area (Å²) in [6.07, 6.45) is 3.09. The Bertz CT molecular complexity index is 368. The van der Waals surface area contributed by atoms with Gasteiger partial charge >= 0.3 is 0 Å². The lowest BCUT2D eigenvalue weighted by molar-refractivity contribution is 0.171. The van der Waals surface area contributed by atoms with Gasteiger partial charge in [-0.25, -0.2) is 0 Å². The second-order valence-corrected chi connectivity index (χ2v) is 4.25. The number of hydrogen-bond acceptors (Lipinski definition) is 3. The van der Waals surface area contributed by atoms with E-state index in [1.165, 1.54) is 5.56 Å². The minimum atomic E-state index is 0.569. The van der Waals surface area contributed by atoms with E-state index in [4.69, 9.17) is 26.8 Å². The third-order valence-corrected chi connectivity index (χ3v) is 2.86. The number of ether oxygens (including phenoxy) is 2. The summed E-state index contributed by atoms with van der Waals surface area (Å²) in [5.41, 5.74) is 6.65. The number of halogens is 1. The largest absolute Gasteiger partial charge is 0.486 e. The van der Waals surface area contributed by atoms with Crippen LogP contribution in [0.5, 0.6) is 11.5 Å². The minimum absolute atomic E-state index is 0.569. The summed E-state index contributed by atoms with van der Waals surface area (Å²) in [5, 5.41) is 0.639. The number of benzene rings is 1. The van der Waals surface area contributed by atoms with Crippen LogP contribution in [0.25, 0.3) is 0 Å². The van der Waals surface area contributed by atoms with Crippen molar-refractivity contribution in [1.29, 1.82) is 0 Å². The van der Waals surface area contributed by atoms with Crippen LogP contribution in [0, 0.1) is 0 Å². The average Bonchev–Trinajstić information content (AvgIpc) is 2.30. The zero-order chi connectivity index (χ0) is 11.4. The Balaban J connectivity index is 2.12. The van der Waals surface area contributed by atoms with Crippen LogP contribution in [-0.2, 0) is 6.42 Å². The van der Waals surface area contributed by atoms with Gasteiger partial charge in [-0.15, -0.1) is 0 Å². The molecule has 0 bridgehead atoms. The van der Waals surface area contributed by atoms with Gasteiger partial charge in [-0.3, -0.25) is 0 Å². The van der Waals surface area contributed by atoms with Crippen molar-refractivity contribution < 1.29 is 9.47 Å². The van der Waals surface area contributed by atoms with Crippen LogP contribution in [0.2, 0.25) is 5.02 Å². The number of fused-ring (bicyclic) bond motifs is 1. The highest BCUT2D eigenvalue weighted by Crippen LogP contribution is 2.38. The van der Waals surface area contributed by atoms with Crippen LogP contribution < -0.4 is 15.2 Å². The van der Waals surface area contributed by atoms with E-state index >= 15 is 0 Å². The van der Waals surface area contributed by atoms with Crippen molar-refractivity contribution >= 4 is 11.6 Å². The topological polar surface area (TPSA) is 44.5 Å². The van der Waals surface area contributed by atoms with Crippen molar-refractivity contribution in [1.82, 2.24) is 0 Å². The summed E-state index contributed by atoms with van der Waals surface area (Å²) in [4.78, 5) is 0. The normalized spacial score (nSPS) is 13.9. The maximum atomic E-state index is 6.13. The molecule has 0 amide bonds. The highest BCUT2D eigenvalue weighted by atomic mass is 35.5. The second kappa shape index (κ2) is 5.41. The van der Waals surface area contributed by atoms with Gasteiger partial charge in [0.05, 0.1) is 5.02 Å². The smallest absolute Gasteiger partial charge is 0.179 e. The molecule has 0 saturated carbocycles. The Morgan fingerprint density at radius 1 is 1.19 bits per heavy atom. The number of unbranched alkanes of at least 4 members (excludes halogenated alkanes) is 1. The first-order chi connectivity index (χ1) is 7.81. The molecule has 88 valence electrons. The summed E-state index contributed by atoms with van der Waals surface area (Å²) in [6.45, 7) is 1.90. The van der Waals surface area contributed by atoms with E-state index in [-0.39, 0.29) is 0 Å². The molecule has 0 spiro atoms. The van der Waals surface area contributed by atoms with Gasteiger partial charge in [0.2, 0.25) is 0 Å². The molecule has 0 atom stereocenters. The van der Waals surface area contributed by atoms with Gasteiger partial charge in [0.15, 0.2) is 11.5 Å². The van der Waals surface area contributed by atoms with Crippen LogP contribution in [-0.4, -0.2) is 19.8 Å². The van der Waals surface area contributed by atoms with Gasteiger partial charge in [-0.2, -0.15) is 0 Å². The van der Waals surface area contributed by atoms with Crippen molar-refractivity contribution in [3.05, 3.63) is 22.7 Å². The zero-order valence-electron chi connectivity index (χ0n) is 9.17. The second-order valence-electron chi connectivity index (χ2n) is 3.85. The van der Waals surface area contributed by atoms with Crippen molar-refractivity contribution in [3.8, 4) is 11.5 Å². The average molecular weight is 242 g/mol. The van der Waals surface area contributed by atoms with E-state index in [1.54, 1.807) is 0 Å². The summed E-state index contributed by atoms with van der Waals surface area (Å²) < 4.78 is 11.0. The van der Waals surface area contributed by atoms with E-state index in [2.05, 4.69) is 0 Å². The molecule has 1 aliphatic heterocycles. The molecule has 0 saturated heterocycles. The molecule has 0 radical (unpaired) electrons. The Labute approximate surface area is 100 Å².